The fraction of sp³-hybridized carbons (Fsp3) is 0.250. The maximum Gasteiger partial charge on any atom is 0.313 e. The molecule has 2 aliphatic heterocycles. The van der Waals surface area contributed by atoms with Crippen molar-refractivity contribution < 1.29 is 9.53 Å². The molecule has 1 unspecified atom stereocenters. The summed E-state index contributed by atoms with van der Waals surface area (Å²) in [5.74, 6) is -0.656. The summed E-state index contributed by atoms with van der Waals surface area (Å²) in [7, 11) is 0. The number of carbonyl (C=O) groups excluding carboxylic acids is 1. The van der Waals surface area contributed by atoms with Crippen molar-refractivity contribution in [3.05, 3.63) is 63.6 Å². The molecule has 0 aliphatic carbocycles. The number of aromatic nitrogens is 2. The summed E-state index contributed by atoms with van der Waals surface area (Å²) < 4.78 is 6.91. The van der Waals surface area contributed by atoms with Crippen LogP contribution in [0.2, 0.25) is 0 Å². The molecular weight excluding hydrogens is 316 g/mol. The van der Waals surface area contributed by atoms with Gasteiger partial charge in [-0.15, -0.1) is 0 Å². The van der Waals surface area contributed by atoms with Gasteiger partial charge in [-0.1, -0.05) is 26.2 Å². The van der Waals surface area contributed by atoms with Crippen LogP contribution in [0.25, 0.3) is 23.5 Å². The van der Waals surface area contributed by atoms with Gasteiger partial charge in [-0.25, -0.2) is 4.98 Å². The molecular formula is C20H18N2O3. The molecule has 0 saturated carbocycles. The average Bonchev–Trinajstić information content (AvgIpc) is 2.98. The zero-order valence-electron chi connectivity index (χ0n) is 14.0. The predicted octanol–water partition coefficient (Wildman–Crippen LogP) is 3.11. The first-order valence-corrected chi connectivity index (χ1v) is 8.31. The normalized spacial score (nSPS) is 17.3. The molecule has 0 saturated heterocycles. The van der Waals surface area contributed by atoms with Gasteiger partial charge in [-0.05, 0) is 35.8 Å². The highest BCUT2D eigenvalue weighted by atomic mass is 16.5. The van der Waals surface area contributed by atoms with Gasteiger partial charge in [0.05, 0.1) is 35.1 Å². The van der Waals surface area contributed by atoms with Crippen LogP contribution in [0.5, 0.6) is 0 Å². The molecule has 5 nitrogen and oxygen atoms in total. The van der Waals surface area contributed by atoms with Gasteiger partial charge in [0.2, 0.25) is 0 Å². The lowest BCUT2D eigenvalue weighted by Gasteiger charge is -2.24. The Hall–Kier alpha value is -2.95. The minimum absolute atomic E-state index is 0.0450. The molecule has 0 aromatic carbocycles. The summed E-state index contributed by atoms with van der Waals surface area (Å²) >= 11 is 0. The molecule has 126 valence electrons. The van der Waals surface area contributed by atoms with Crippen LogP contribution < -0.4 is 5.56 Å². The Morgan fingerprint density at radius 2 is 2.12 bits per heavy atom. The van der Waals surface area contributed by atoms with Crippen LogP contribution in [0.1, 0.15) is 47.2 Å². The van der Waals surface area contributed by atoms with E-state index >= 15 is 0 Å². The van der Waals surface area contributed by atoms with Crippen molar-refractivity contribution in [1.29, 1.82) is 0 Å². The number of rotatable bonds is 3. The van der Waals surface area contributed by atoms with E-state index in [1.54, 1.807) is 16.7 Å². The molecule has 2 aliphatic rings. The van der Waals surface area contributed by atoms with Gasteiger partial charge in [0, 0.05) is 5.56 Å². The van der Waals surface area contributed by atoms with Gasteiger partial charge < -0.3 is 9.30 Å². The molecule has 0 N–H and O–H groups in total. The summed E-state index contributed by atoms with van der Waals surface area (Å²) in [6.07, 6.45) is 4.02. The number of hydrogen-bond donors (Lipinski definition) is 0. The summed E-state index contributed by atoms with van der Waals surface area (Å²) in [6, 6.07) is 3.93. The minimum Gasteiger partial charge on any atom is -0.460 e. The highest BCUT2D eigenvalue weighted by molar-refractivity contribution is 5.81. The van der Waals surface area contributed by atoms with Crippen molar-refractivity contribution in [3.8, 4) is 11.4 Å². The zero-order chi connectivity index (χ0) is 17.7. The zero-order valence-corrected chi connectivity index (χ0v) is 14.0. The summed E-state index contributed by atoms with van der Waals surface area (Å²) in [4.78, 5) is 29.7. The predicted molar refractivity (Wildman–Crippen MR) is 96.0 cm³/mol. The third kappa shape index (κ3) is 2.12. The van der Waals surface area contributed by atoms with Crippen LogP contribution in [0.3, 0.4) is 0 Å². The van der Waals surface area contributed by atoms with Gasteiger partial charge in [-0.2, -0.15) is 0 Å². The van der Waals surface area contributed by atoms with Crippen molar-refractivity contribution in [2.75, 3.05) is 0 Å². The van der Waals surface area contributed by atoms with E-state index in [9.17, 15) is 9.59 Å². The fourth-order valence-electron chi connectivity index (χ4n) is 3.70. The van der Waals surface area contributed by atoms with E-state index in [0.717, 1.165) is 33.8 Å². The smallest absolute Gasteiger partial charge is 0.313 e. The average molecular weight is 334 g/mol. The molecule has 0 radical (unpaired) electrons. The van der Waals surface area contributed by atoms with E-state index in [1.165, 1.54) is 0 Å². The van der Waals surface area contributed by atoms with Crippen molar-refractivity contribution in [2.24, 2.45) is 0 Å². The highest BCUT2D eigenvalue weighted by Crippen LogP contribution is 2.36. The Morgan fingerprint density at radius 1 is 1.32 bits per heavy atom. The lowest BCUT2D eigenvalue weighted by Crippen LogP contribution is -2.32. The Labute approximate surface area is 145 Å². The summed E-state index contributed by atoms with van der Waals surface area (Å²) in [5, 5.41) is 0. The third-order valence-electron chi connectivity index (χ3n) is 5.01. The van der Waals surface area contributed by atoms with Crippen molar-refractivity contribution in [1.82, 2.24) is 9.55 Å². The highest BCUT2D eigenvalue weighted by Gasteiger charge is 2.33. The van der Waals surface area contributed by atoms with Crippen LogP contribution in [0.4, 0.5) is 0 Å². The molecule has 0 amide bonds. The number of carbonyl (C=O) groups is 1. The van der Waals surface area contributed by atoms with Crippen molar-refractivity contribution in [2.45, 2.75) is 32.4 Å². The largest absolute Gasteiger partial charge is 0.460 e. The van der Waals surface area contributed by atoms with E-state index < -0.39 is 5.92 Å². The summed E-state index contributed by atoms with van der Waals surface area (Å²) in [5.41, 5.74) is 5.38. The maximum absolute atomic E-state index is 13.0. The number of pyridine rings is 2. The van der Waals surface area contributed by atoms with Crippen LogP contribution in [0, 0.1) is 0 Å². The number of hydrogen-bond acceptors (Lipinski definition) is 4. The SMILES string of the molecule is C=Cc1cc2c(nc1C=C)-c1cc3c(c(=O)n1C2)COC(=O)C3CC. The summed E-state index contributed by atoms with van der Waals surface area (Å²) in [6.45, 7) is 10.0. The standard InChI is InChI=1S/C20H18N2O3/c1-4-11-7-12-9-22-17(18(12)21-16(11)6-3)8-14-13(5-2)20(24)25-10-15(14)19(22)23/h4,6-8,13H,1,3,5,9-10H2,2H3. The third-order valence-corrected chi connectivity index (χ3v) is 5.01. The van der Waals surface area contributed by atoms with Gasteiger partial charge in [0.1, 0.15) is 6.61 Å². The molecule has 2 aromatic heterocycles. The quantitative estimate of drug-likeness (QED) is 0.691. The Bertz CT molecular complexity index is 1000. The van der Waals surface area contributed by atoms with Crippen LogP contribution in [-0.4, -0.2) is 15.5 Å². The first kappa shape index (κ1) is 15.6. The van der Waals surface area contributed by atoms with Gasteiger partial charge in [0.15, 0.2) is 0 Å². The Morgan fingerprint density at radius 3 is 2.80 bits per heavy atom. The van der Waals surface area contributed by atoms with Crippen LogP contribution in [-0.2, 0) is 22.7 Å². The van der Waals surface area contributed by atoms with Gasteiger partial charge in [0.25, 0.3) is 5.56 Å². The molecule has 4 heterocycles. The maximum atomic E-state index is 13.0. The lowest BCUT2D eigenvalue weighted by atomic mass is 9.90. The minimum atomic E-state index is -0.391. The monoisotopic (exact) mass is 334 g/mol. The van der Waals surface area contributed by atoms with Crippen LogP contribution in [0.15, 0.2) is 30.1 Å². The van der Waals surface area contributed by atoms with Gasteiger partial charge >= 0.3 is 5.97 Å². The second-order valence-corrected chi connectivity index (χ2v) is 6.30. The second kappa shape index (κ2) is 5.55. The lowest BCUT2D eigenvalue weighted by molar-refractivity contribution is -0.148. The molecule has 0 spiro atoms. The van der Waals surface area contributed by atoms with E-state index in [2.05, 4.69) is 18.1 Å². The number of ether oxygens (including phenoxy) is 1. The Kier molecular flexibility index (Phi) is 3.46. The number of nitrogens with zero attached hydrogens (tertiary/aromatic N) is 2. The van der Waals surface area contributed by atoms with E-state index in [0.29, 0.717) is 18.5 Å². The second-order valence-electron chi connectivity index (χ2n) is 6.30. The molecule has 1 atom stereocenters. The van der Waals surface area contributed by atoms with Crippen LogP contribution >= 0.6 is 0 Å². The molecule has 5 heteroatoms. The first-order chi connectivity index (χ1) is 12.1. The first-order valence-electron chi connectivity index (χ1n) is 8.31. The van der Waals surface area contributed by atoms with E-state index in [4.69, 9.17) is 4.74 Å². The molecule has 25 heavy (non-hydrogen) atoms. The fourth-order valence-corrected chi connectivity index (χ4v) is 3.70. The van der Waals surface area contributed by atoms with E-state index in [-0.39, 0.29) is 18.1 Å². The molecule has 0 bridgehead atoms. The topological polar surface area (TPSA) is 61.2 Å². The molecule has 0 fully saturated rings. The Balaban J connectivity index is 1.98. The van der Waals surface area contributed by atoms with Gasteiger partial charge in [-0.3, -0.25) is 9.59 Å². The molecule has 2 aromatic rings. The van der Waals surface area contributed by atoms with Crippen molar-refractivity contribution in [3.63, 3.8) is 0 Å². The molecule has 4 rings (SSSR count). The van der Waals surface area contributed by atoms with Crippen molar-refractivity contribution >= 4 is 18.1 Å². The van der Waals surface area contributed by atoms with E-state index in [1.807, 2.05) is 19.1 Å². The number of fused-ring (bicyclic) bond motifs is 4. The number of cyclic esters (lactones) is 1. The number of esters is 1.